The van der Waals surface area contributed by atoms with Gasteiger partial charge in [0.15, 0.2) is 11.5 Å². The van der Waals surface area contributed by atoms with E-state index in [-0.39, 0.29) is 47.8 Å². The van der Waals surface area contributed by atoms with Gasteiger partial charge in [0.05, 0.1) is 37.4 Å². The quantitative estimate of drug-likeness (QED) is 0.388. The second-order valence-corrected chi connectivity index (χ2v) is 6.76. The Hall–Kier alpha value is -2.68. The summed E-state index contributed by atoms with van der Waals surface area (Å²) >= 11 is 0. The van der Waals surface area contributed by atoms with Crippen LogP contribution in [0.4, 0.5) is 5.69 Å². The Labute approximate surface area is 163 Å². The van der Waals surface area contributed by atoms with E-state index >= 15 is 0 Å². The molecule has 28 heavy (non-hydrogen) atoms. The molecule has 1 saturated heterocycles. The number of piperidine rings is 1. The molecule has 1 heterocycles. The van der Waals surface area contributed by atoms with Gasteiger partial charge in [0.2, 0.25) is 0 Å². The zero-order valence-corrected chi connectivity index (χ0v) is 16.2. The van der Waals surface area contributed by atoms with Crippen molar-refractivity contribution in [2.75, 3.05) is 26.9 Å². The molecule has 0 aromatic heterocycles. The molecule has 0 bridgehead atoms. The molecular formula is C19H26N2O7. The number of ether oxygens (including phenoxy) is 2. The van der Waals surface area contributed by atoms with Gasteiger partial charge in [0, 0.05) is 19.0 Å². The van der Waals surface area contributed by atoms with Gasteiger partial charge in [-0.2, -0.15) is 0 Å². The molecule has 0 aliphatic carbocycles. The Kier molecular flexibility index (Phi) is 7.74. The number of nitro benzene ring substituents is 1. The Balaban J connectivity index is 2.31. The number of Topliss-reactive ketones (excluding diaryl/α,β-unsaturated/α-hetero) is 1. The average Bonchev–Trinajstić information content (AvgIpc) is 2.69. The lowest BCUT2D eigenvalue weighted by Gasteiger charge is -2.34. The van der Waals surface area contributed by atoms with Gasteiger partial charge in [-0.1, -0.05) is 0 Å². The van der Waals surface area contributed by atoms with E-state index in [4.69, 9.17) is 9.47 Å². The van der Waals surface area contributed by atoms with Gasteiger partial charge < -0.3 is 24.3 Å². The Morgan fingerprint density at radius 1 is 1.32 bits per heavy atom. The van der Waals surface area contributed by atoms with Crippen LogP contribution in [-0.4, -0.2) is 59.5 Å². The number of methoxy groups -OCH3 is 1. The number of amides is 1. The van der Waals surface area contributed by atoms with E-state index in [2.05, 4.69) is 0 Å². The fourth-order valence-corrected chi connectivity index (χ4v) is 3.26. The predicted molar refractivity (Wildman–Crippen MR) is 101 cm³/mol. The zero-order valence-electron chi connectivity index (χ0n) is 16.2. The third kappa shape index (κ3) is 5.19. The fraction of sp³-hybridized carbons (Fsp3) is 0.579. The Morgan fingerprint density at radius 3 is 2.68 bits per heavy atom. The zero-order chi connectivity index (χ0) is 20.7. The molecule has 0 radical (unpaired) electrons. The number of benzene rings is 1. The van der Waals surface area contributed by atoms with Crippen molar-refractivity contribution in [1.82, 2.24) is 4.90 Å². The minimum atomic E-state index is -0.632. The summed E-state index contributed by atoms with van der Waals surface area (Å²) in [6, 6.07) is 2.14. The smallest absolute Gasteiger partial charge is 0.286 e. The summed E-state index contributed by atoms with van der Waals surface area (Å²) in [5.74, 6) is -0.129. The average molecular weight is 394 g/mol. The standard InChI is InChI=1S/C19H26N2O7/c1-13(23)6-5-9-28-18-11-16(21(25)26)15(10-17(18)27-2)19(24)20-8-4-3-7-14(20)12-22/h10-11,14,22H,3-9,12H2,1-2H3/t14-/m0/s1. The van der Waals surface area contributed by atoms with Gasteiger partial charge in [0.1, 0.15) is 11.3 Å². The van der Waals surface area contributed by atoms with Crippen LogP contribution in [-0.2, 0) is 4.79 Å². The van der Waals surface area contributed by atoms with Crippen LogP contribution in [0.3, 0.4) is 0 Å². The van der Waals surface area contributed by atoms with Gasteiger partial charge in [0.25, 0.3) is 11.6 Å². The van der Waals surface area contributed by atoms with E-state index in [1.165, 1.54) is 31.1 Å². The van der Waals surface area contributed by atoms with Crippen LogP contribution in [0.15, 0.2) is 12.1 Å². The summed E-state index contributed by atoms with van der Waals surface area (Å²) in [4.78, 5) is 36.4. The van der Waals surface area contributed by atoms with Crippen LogP contribution in [0.25, 0.3) is 0 Å². The van der Waals surface area contributed by atoms with E-state index in [9.17, 15) is 24.8 Å². The van der Waals surface area contributed by atoms with Crippen LogP contribution in [0, 0.1) is 10.1 Å². The van der Waals surface area contributed by atoms with Gasteiger partial charge in [-0.3, -0.25) is 14.9 Å². The molecule has 1 aliphatic rings. The maximum Gasteiger partial charge on any atom is 0.286 e. The lowest BCUT2D eigenvalue weighted by atomic mass is 10.0. The summed E-state index contributed by atoms with van der Waals surface area (Å²) in [5.41, 5.74) is -0.479. The third-order valence-electron chi connectivity index (χ3n) is 4.74. The van der Waals surface area contributed by atoms with Crippen molar-refractivity contribution >= 4 is 17.4 Å². The molecule has 1 amide bonds. The number of carbonyl (C=O) groups is 2. The highest BCUT2D eigenvalue weighted by Crippen LogP contribution is 2.36. The molecule has 1 fully saturated rings. The number of aliphatic hydroxyl groups is 1. The number of nitro groups is 1. The first-order chi connectivity index (χ1) is 13.4. The number of aliphatic hydroxyl groups excluding tert-OH is 1. The summed E-state index contributed by atoms with van der Waals surface area (Å²) in [7, 11) is 1.38. The van der Waals surface area contributed by atoms with Gasteiger partial charge in [-0.25, -0.2) is 0 Å². The largest absolute Gasteiger partial charge is 0.493 e. The molecule has 0 saturated carbocycles. The molecule has 0 spiro atoms. The highest BCUT2D eigenvalue weighted by molar-refractivity contribution is 5.99. The highest BCUT2D eigenvalue weighted by Gasteiger charge is 2.32. The van der Waals surface area contributed by atoms with Crippen molar-refractivity contribution in [3.05, 3.63) is 27.8 Å². The Bertz CT molecular complexity index is 735. The van der Waals surface area contributed by atoms with Crippen LogP contribution < -0.4 is 9.47 Å². The first-order valence-electron chi connectivity index (χ1n) is 9.29. The van der Waals surface area contributed by atoms with Crippen LogP contribution in [0.5, 0.6) is 11.5 Å². The van der Waals surface area contributed by atoms with E-state index in [1.807, 2.05) is 0 Å². The summed E-state index contributed by atoms with van der Waals surface area (Å²) in [6.07, 6.45) is 3.15. The maximum absolute atomic E-state index is 13.0. The lowest BCUT2D eigenvalue weighted by molar-refractivity contribution is -0.385. The van der Waals surface area contributed by atoms with Gasteiger partial charge in [-0.15, -0.1) is 0 Å². The summed E-state index contributed by atoms with van der Waals surface area (Å²) in [5, 5.41) is 21.1. The molecular weight excluding hydrogens is 368 g/mol. The summed E-state index contributed by atoms with van der Waals surface area (Å²) < 4.78 is 10.8. The first-order valence-corrected chi connectivity index (χ1v) is 9.29. The van der Waals surface area contributed by atoms with Crippen molar-refractivity contribution in [2.24, 2.45) is 0 Å². The molecule has 0 unspecified atom stereocenters. The molecule has 1 aliphatic heterocycles. The van der Waals surface area contributed by atoms with E-state index in [0.717, 1.165) is 12.8 Å². The number of rotatable bonds is 9. The minimum Gasteiger partial charge on any atom is -0.493 e. The van der Waals surface area contributed by atoms with Crippen molar-refractivity contribution in [3.8, 4) is 11.5 Å². The van der Waals surface area contributed by atoms with E-state index in [1.54, 1.807) is 0 Å². The van der Waals surface area contributed by atoms with Gasteiger partial charge in [-0.05, 0) is 32.6 Å². The molecule has 1 N–H and O–H groups in total. The number of hydrogen-bond donors (Lipinski definition) is 1. The van der Waals surface area contributed by atoms with Crippen molar-refractivity contribution in [2.45, 2.75) is 45.1 Å². The van der Waals surface area contributed by atoms with Gasteiger partial charge >= 0.3 is 0 Å². The number of carbonyl (C=O) groups excluding carboxylic acids is 2. The molecule has 1 aromatic rings. The van der Waals surface area contributed by atoms with Crippen molar-refractivity contribution in [1.29, 1.82) is 0 Å². The van der Waals surface area contributed by atoms with Crippen LogP contribution >= 0.6 is 0 Å². The van der Waals surface area contributed by atoms with E-state index < -0.39 is 10.8 Å². The number of nitrogens with zero attached hydrogens (tertiary/aromatic N) is 2. The topological polar surface area (TPSA) is 119 Å². The number of hydrogen-bond acceptors (Lipinski definition) is 7. The summed E-state index contributed by atoms with van der Waals surface area (Å²) in [6.45, 7) is 1.92. The second kappa shape index (κ2) is 10.0. The van der Waals surface area contributed by atoms with Crippen molar-refractivity contribution in [3.63, 3.8) is 0 Å². The Morgan fingerprint density at radius 2 is 2.07 bits per heavy atom. The molecule has 2 rings (SSSR count). The molecule has 1 aromatic carbocycles. The van der Waals surface area contributed by atoms with E-state index in [0.29, 0.717) is 25.8 Å². The third-order valence-corrected chi connectivity index (χ3v) is 4.74. The van der Waals surface area contributed by atoms with Crippen LogP contribution in [0.1, 0.15) is 49.4 Å². The maximum atomic E-state index is 13.0. The normalized spacial score (nSPS) is 16.5. The SMILES string of the molecule is COc1cc(C(=O)N2CCCC[C@H]2CO)c([N+](=O)[O-])cc1OCCCC(C)=O. The minimum absolute atomic E-state index is 0.0301. The molecule has 154 valence electrons. The highest BCUT2D eigenvalue weighted by atomic mass is 16.6. The monoisotopic (exact) mass is 394 g/mol. The molecule has 9 heteroatoms. The number of ketones is 1. The fourth-order valence-electron chi connectivity index (χ4n) is 3.26. The first kappa shape index (κ1) is 21.6. The predicted octanol–water partition coefficient (Wildman–Crippen LogP) is 2.34. The van der Waals surface area contributed by atoms with Crippen LogP contribution in [0.2, 0.25) is 0 Å². The molecule has 1 atom stereocenters. The second-order valence-electron chi connectivity index (χ2n) is 6.76. The van der Waals surface area contributed by atoms with Crippen molar-refractivity contribution < 1.29 is 29.1 Å². The number of likely N-dealkylation sites (tertiary alicyclic amines) is 1. The lowest BCUT2D eigenvalue weighted by Crippen LogP contribution is -2.45. The molecule has 9 nitrogen and oxygen atoms in total.